The van der Waals surface area contributed by atoms with Gasteiger partial charge in [0, 0.05) is 12.4 Å². The van der Waals surface area contributed by atoms with Crippen LogP contribution in [-0.2, 0) is 17.5 Å². The lowest BCUT2D eigenvalue weighted by Gasteiger charge is -2.13. The first-order valence-corrected chi connectivity index (χ1v) is 5.18. The van der Waals surface area contributed by atoms with Crippen LogP contribution in [0.15, 0.2) is 5.38 Å². The molecule has 98 valence electrons. The summed E-state index contributed by atoms with van der Waals surface area (Å²) in [6.45, 7) is -0.134. The maximum Gasteiger partial charge on any atom is 0.434 e. The summed E-state index contributed by atoms with van der Waals surface area (Å²) in [5.41, 5.74) is 4.18. The molecule has 1 aromatic rings. The average Bonchev–Trinajstić information content (AvgIpc) is 2.64. The fourth-order valence-corrected chi connectivity index (χ4v) is 1.81. The number of halogens is 4. The van der Waals surface area contributed by atoms with Gasteiger partial charge < -0.3 is 10.6 Å². The summed E-state index contributed by atoms with van der Waals surface area (Å²) in [5, 5.41) is 1.16. The molecule has 0 radical (unpaired) electrons. The first-order chi connectivity index (χ1) is 7.34. The predicted octanol–water partition coefficient (Wildman–Crippen LogP) is 1.50. The third-order valence-electron chi connectivity index (χ3n) is 1.81. The highest BCUT2D eigenvalue weighted by Gasteiger charge is 2.33. The van der Waals surface area contributed by atoms with E-state index in [4.69, 9.17) is 5.73 Å². The largest absolute Gasteiger partial charge is 0.434 e. The van der Waals surface area contributed by atoms with Gasteiger partial charge in [-0.1, -0.05) is 0 Å². The second-order valence-electron chi connectivity index (χ2n) is 3.08. The molecular weight excluding hydrogens is 279 g/mol. The Morgan fingerprint density at radius 3 is 2.59 bits per heavy atom. The van der Waals surface area contributed by atoms with Crippen LogP contribution in [0.2, 0.25) is 0 Å². The number of hydrogen-bond donors (Lipinski definition) is 1. The molecule has 1 aromatic heterocycles. The molecule has 1 rings (SSSR count). The van der Waals surface area contributed by atoms with Crippen LogP contribution in [0.3, 0.4) is 0 Å². The average molecular weight is 290 g/mol. The van der Waals surface area contributed by atoms with Crippen LogP contribution < -0.4 is 5.73 Å². The third-order valence-corrected chi connectivity index (χ3v) is 2.65. The molecule has 0 unspecified atom stereocenters. The van der Waals surface area contributed by atoms with Crippen molar-refractivity contribution in [2.45, 2.75) is 12.7 Å². The van der Waals surface area contributed by atoms with Gasteiger partial charge in [-0.25, -0.2) is 4.98 Å². The summed E-state index contributed by atoms with van der Waals surface area (Å²) >= 11 is 0.867. The number of aromatic nitrogens is 1. The number of rotatable bonds is 3. The lowest BCUT2D eigenvalue weighted by Crippen LogP contribution is -2.32. The zero-order valence-corrected chi connectivity index (χ0v) is 10.5. The normalized spacial score (nSPS) is 10.9. The maximum atomic E-state index is 12.2. The van der Waals surface area contributed by atoms with Gasteiger partial charge in [-0.05, 0) is 0 Å². The first-order valence-electron chi connectivity index (χ1n) is 4.30. The van der Waals surface area contributed by atoms with E-state index in [1.165, 1.54) is 11.9 Å². The number of carbonyl (C=O) groups is 1. The Bertz CT molecular complexity index is 382. The van der Waals surface area contributed by atoms with Gasteiger partial charge in [-0.2, -0.15) is 13.2 Å². The fraction of sp³-hybridized carbons (Fsp3) is 0.500. The van der Waals surface area contributed by atoms with Crippen molar-refractivity contribution in [3.63, 3.8) is 0 Å². The van der Waals surface area contributed by atoms with Crippen LogP contribution >= 0.6 is 23.7 Å². The molecule has 0 fully saturated rings. The smallest absolute Gasteiger partial charge is 0.338 e. The van der Waals surface area contributed by atoms with Gasteiger partial charge in [0.05, 0.1) is 13.1 Å². The molecule has 0 aliphatic carbocycles. The van der Waals surface area contributed by atoms with Crippen molar-refractivity contribution >= 4 is 29.7 Å². The Morgan fingerprint density at radius 2 is 2.18 bits per heavy atom. The van der Waals surface area contributed by atoms with E-state index in [1.807, 2.05) is 0 Å². The number of nitrogens with zero attached hydrogens (tertiary/aromatic N) is 2. The molecular formula is C8H11ClF3N3OS. The van der Waals surface area contributed by atoms with Crippen LogP contribution in [0.4, 0.5) is 13.2 Å². The molecule has 0 atom stereocenters. The van der Waals surface area contributed by atoms with Gasteiger partial charge in [-0.3, -0.25) is 4.79 Å². The zero-order chi connectivity index (χ0) is 12.3. The Hall–Kier alpha value is -0.860. The van der Waals surface area contributed by atoms with Crippen molar-refractivity contribution in [2.75, 3.05) is 13.6 Å². The molecule has 1 heterocycles. The van der Waals surface area contributed by atoms with Crippen molar-refractivity contribution in [1.29, 1.82) is 0 Å². The maximum absolute atomic E-state index is 12.2. The second kappa shape index (κ2) is 6.18. The van der Waals surface area contributed by atoms with E-state index in [0.717, 1.165) is 16.7 Å². The molecule has 0 saturated heterocycles. The van der Waals surface area contributed by atoms with Crippen molar-refractivity contribution in [3.05, 3.63) is 16.1 Å². The zero-order valence-electron chi connectivity index (χ0n) is 8.82. The molecule has 0 aliphatic heterocycles. The van der Waals surface area contributed by atoms with Crippen LogP contribution in [-0.4, -0.2) is 29.4 Å². The van der Waals surface area contributed by atoms with Crippen LogP contribution in [0.25, 0.3) is 0 Å². The lowest BCUT2D eigenvalue weighted by molar-refractivity contribution is -0.140. The van der Waals surface area contributed by atoms with Crippen molar-refractivity contribution in [1.82, 2.24) is 9.88 Å². The number of hydrogen-bond acceptors (Lipinski definition) is 4. The van der Waals surface area contributed by atoms with E-state index in [1.54, 1.807) is 0 Å². The van der Waals surface area contributed by atoms with Crippen molar-refractivity contribution in [3.8, 4) is 0 Å². The number of alkyl halides is 3. The summed E-state index contributed by atoms with van der Waals surface area (Å²) in [4.78, 5) is 15.7. The highest BCUT2D eigenvalue weighted by atomic mass is 35.5. The first kappa shape index (κ1) is 16.1. The minimum atomic E-state index is -4.44. The molecule has 0 bridgehead atoms. The minimum absolute atomic E-state index is 0. The summed E-state index contributed by atoms with van der Waals surface area (Å²) in [6, 6.07) is 0. The van der Waals surface area contributed by atoms with E-state index in [0.29, 0.717) is 0 Å². The van der Waals surface area contributed by atoms with Gasteiger partial charge in [0.15, 0.2) is 5.69 Å². The SMILES string of the molecule is CN(Cc1nc(C(F)(F)F)cs1)C(=O)CN.Cl. The van der Waals surface area contributed by atoms with E-state index in [2.05, 4.69) is 4.98 Å². The molecule has 9 heteroatoms. The van der Waals surface area contributed by atoms with Gasteiger partial charge in [0.25, 0.3) is 0 Å². The highest BCUT2D eigenvalue weighted by Crippen LogP contribution is 2.30. The third kappa shape index (κ3) is 4.49. The molecule has 0 saturated carbocycles. The van der Waals surface area contributed by atoms with E-state index in [-0.39, 0.29) is 36.4 Å². The van der Waals surface area contributed by atoms with Crippen LogP contribution in [0.1, 0.15) is 10.7 Å². The topological polar surface area (TPSA) is 59.2 Å². The Balaban J connectivity index is 0.00000256. The summed E-state index contributed by atoms with van der Waals surface area (Å²) in [7, 11) is 1.46. The van der Waals surface area contributed by atoms with Crippen LogP contribution in [0.5, 0.6) is 0 Å². The standard InChI is InChI=1S/C8H10F3N3OS.ClH/c1-14(7(15)2-12)3-6-13-5(4-16-6)8(9,10)11;/h4H,2-3,12H2,1H3;1H. The Labute approximate surface area is 106 Å². The van der Waals surface area contributed by atoms with Gasteiger partial charge in [0.1, 0.15) is 5.01 Å². The number of likely N-dealkylation sites (N-methyl/N-ethyl adjacent to an activating group) is 1. The molecule has 4 nitrogen and oxygen atoms in total. The van der Waals surface area contributed by atoms with E-state index < -0.39 is 11.9 Å². The molecule has 0 aliphatic rings. The summed E-state index contributed by atoms with van der Waals surface area (Å²) < 4.78 is 36.6. The molecule has 0 aromatic carbocycles. The number of amides is 1. The Kier molecular flexibility index (Phi) is 5.86. The van der Waals surface area contributed by atoms with Crippen molar-refractivity contribution in [2.24, 2.45) is 5.73 Å². The van der Waals surface area contributed by atoms with Crippen LogP contribution in [0, 0.1) is 0 Å². The predicted molar refractivity (Wildman–Crippen MR) is 59.9 cm³/mol. The number of nitrogens with two attached hydrogens (primary N) is 1. The second-order valence-corrected chi connectivity index (χ2v) is 4.02. The summed E-state index contributed by atoms with van der Waals surface area (Å²) in [5.74, 6) is -0.344. The van der Waals surface area contributed by atoms with Crippen molar-refractivity contribution < 1.29 is 18.0 Å². The Morgan fingerprint density at radius 1 is 1.59 bits per heavy atom. The molecule has 2 N–H and O–H groups in total. The fourth-order valence-electron chi connectivity index (χ4n) is 0.961. The molecule has 0 spiro atoms. The van der Waals surface area contributed by atoms with E-state index in [9.17, 15) is 18.0 Å². The summed E-state index contributed by atoms with van der Waals surface area (Å²) in [6.07, 6.45) is -4.44. The van der Waals surface area contributed by atoms with E-state index >= 15 is 0 Å². The number of thiazole rings is 1. The quantitative estimate of drug-likeness (QED) is 0.917. The van der Waals surface area contributed by atoms with Gasteiger partial charge in [0.2, 0.25) is 5.91 Å². The highest BCUT2D eigenvalue weighted by molar-refractivity contribution is 7.09. The minimum Gasteiger partial charge on any atom is -0.338 e. The van der Waals surface area contributed by atoms with Gasteiger partial charge in [-0.15, -0.1) is 23.7 Å². The number of carbonyl (C=O) groups excluding carboxylic acids is 1. The monoisotopic (exact) mass is 289 g/mol. The van der Waals surface area contributed by atoms with Gasteiger partial charge >= 0.3 is 6.18 Å². The molecule has 1 amide bonds. The molecule has 17 heavy (non-hydrogen) atoms. The lowest BCUT2D eigenvalue weighted by atomic mass is 10.4.